The van der Waals surface area contributed by atoms with E-state index in [4.69, 9.17) is 12.2 Å². The average molecular weight is 129 g/mol. The van der Waals surface area contributed by atoms with Crippen molar-refractivity contribution in [3.8, 4) is 12.3 Å². The highest BCUT2D eigenvalue weighted by Crippen LogP contribution is 2.05. The molecular formula is C6H11NS. The van der Waals surface area contributed by atoms with Crippen molar-refractivity contribution >= 4 is 11.8 Å². The van der Waals surface area contributed by atoms with Crippen LogP contribution in [-0.2, 0) is 0 Å². The zero-order valence-corrected chi connectivity index (χ0v) is 5.87. The van der Waals surface area contributed by atoms with Crippen molar-refractivity contribution in [2.24, 2.45) is 5.73 Å². The first-order valence-electron chi connectivity index (χ1n) is 2.56. The first-order chi connectivity index (χ1) is 3.81. The summed E-state index contributed by atoms with van der Waals surface area (Å²) in [5.74, 6) is 3.32. The van der Waals surface area contributed by atoms with Crippen molar-refractivity contribution in [3.05, 3.63) is 0 Å². The number of hydrogen-bond donors (Lipinski definition) is 1. The molecule has 1 atom stereocenters. The van der Waals surface area contributed by atoms with Crippen molar-refractivity contribution in [1.82, 2.24) is 0 Å². The zero-order chi connectivity index (χ0) is 6.41. The molecule has 0 heterocycles. The quantitative estimate of drug-likeness (QED) is 0.568. The molecule has 2 N–H and O–H groups in total. The predicted octanol–water partition coefficient (Wildman–Crippen LogP) is 0.700. The van der Waals surface area contributed by atoms with Gasteiger partial charge in [0, 0.05) is 11.8 Å². The van der Waals surface area contributed by atoms with Crippen LogP contribution in [0.1, 0.15) is 6.92 Å². The van der Waals surface area contributed by atoms with E-state index >= 15 is 0 Å². The molecule has 0 fully saturated rings. The van der Waals surface area contributed by atoms with Gasteiger partial charge in [0.05, 0.1) is 5.75 Å². The number of terminal acetylenes is 1. The van der Waals surface area contributed by atoms with Crippen LogP contribution in [0.5, 0.6) is 0 Å². The van der Waals surface area contributed by atoms with Gasteiger partial charge in [-0.2, -0.15) is 0 Å². The third-order valence-electron chi connectivity index (χ3n) is 0.783. The van der Waals surface area contributed by atoms with Gasteiger partial charge < -0.3 is 5.73 Å². The molecule has 0 aromatic heterocycles. The van der Waals surface area contributed by atoms with Gasteiger partial charge >= 0.3 is 0 Å². The molecule has 0 aliphatic rings. The summed E-state index contributed by atoms with van der Waals surface area (Å²) in [6, 6.07) is 0. The average Bonchev–Trinajstić information content (AvgIpc) is 1.83. The lowest BCUT2D eigenvalue weighted by Gasteiger charge is -2.02. The summed E-state index contributed by atoms with van der Waals surface area (Å²) in [7, 11) is 0. The summed E-state index contributed by atoms with van der Waals surface area (Å²) in [5.41, 5.74) is 5.32. The van der Waals surface area contributed by atoms with E-state index in [0.717, 1.165) is 5.75 Å². The van der Waals surface area contributed by atoms with Gasteiger partial charge in [0.15, 0.2) is 0 Å². The fourth-order valence-electron chi connectivity index (χ4n) is 0.258. The van der Waals surface area contributed by atoms with Crippen LogP contribution in [0.3, 0.4) is 0 Å². The van der Waals surface area contributed by atoms with Crippen molar-refractivity contribution < 1.29 is 0 Å². The Kier molecular flexibility index (Phi) is 4.93. The van der Waals surface area contributed by atoms with Gasteiger partial charge in [-0.05, 0) is 0 Å². The molecule has 0 aromatic rings. The number of nitrogens with two attached hydrogens (primary N) is 1. The molecule has 46 valence electrons. The van der Waals surface area contributed by atoms with Crippen molar-refractivity contribution in [3.63, 3.8) is 0 Å². The molecular weight excluding hydrogens is 118 g/mol. The lowest BCUT2D eigenvalue weighted by atomic mass is 10.5. The van der Waals surface area contributed by atoms with Gasteiger partial charge in [0.2, 0.25) is 0 Å². The van der Waals surface area contributed by atoms with E-state index < -0.39 is 0 Å². The Balaban J connectivity index is 3.01. The van der Waals surface area contributed by atoms with Crippen molar-refractivity contribution in [1.29, 1.82) is 0 Å². The highest BCUT2D eigenvalue weighted by molar-refractivity contribution is 8.00. The van der Waals surface area contributed by atoms with E-state index in [1.165, 1.54) is 0 Å². The van der Waals surface area contributed by atoms with Crippen LogP contribution < -0.4 is 5.73 Å². The topological polar surface area (TPSA) is 26.0 Å². The fraction of sp³-hybridized carbons (Fsp3) is 0.667. The van der Waals surface area contributed by atoms with Crippen LogP contribution in [0.15, 0.2) is 0 Å². The first-order valence-corrected chi connectivity index (χ1v) is 3.61. The predicted molar refractivity (Wildman–Crippen MR) is 39.8 cm³/mol. The second kappa shape index (κ2) is 5.02. The van der Waals surface area contributed by atoms with Gasteiger partial charge in [-0.1, -0.05) is 12.8 Å². The number of thioether (sulfide) groups is 1. The molecule has 1 nitrogen and oxygen atoms in total. The molecule has 0 amide bonds. The molecule has 0 aromatic carbocycles. The Morgan fingerprint density at radius 3 is 2.88 bits per heavy atom. The molecule has 2 heteroatoms. The normalized spacial score (nSPS) is 12.6. The number of rotatable bonds is 3. The SMILES string of the molecule is C#CCSC(C)CN. The minimum absolute atomic E-state index is 0.506. The van der Waals surface area contributed by atoms with Crippen LogP contribution >= 0.6 is 11.8 Å². The molecule has 1 unspecified atom stereocenters. The maximum atomic E-state index is 5.32. The molecule has 0 bridgehead atoms. The van der Waals surface area contributed by atoms with Gasteiger partial charge in [-0.3, -0.25) is 0 Å². The van der Waals surface area contributed by atoms with Crippen molar-refractivity contribution in [2.75, 3.05) is 12.3 Å². The van der Waals surface area contributed by atoms with E-state index in [9.17, 15) is 0 Å². The van der Waals surface area contributed by atoms with Crippen LogP contribution in [-0.4, -0.2) is 17.5 Å². The van der Waals surface area contributed by atoms with E-state index in [-0.39, 0.29) is 0 Å². The minimum atomic E-state index is 0.506. The summed E-state index contributed by atoms with van der Waals surface area (Å²) >= 11 is 1.72. The van der Waals surface area contributed by atoms with E-state index in [0.29, 0.717) is 11.8 Å². The van der Waals surface area contributed by atoms with E-state index in [1.54, 1.807) is 11.8 Å². The van der Waals surface area contributed by atoms with Crippen LogP contribution in [0.25, 0.3) is 0 Å². The Hall–Kier alpha value is -0.130. The van der Waals surface area contributed by atoms with Crippen LogP contribution in [0.2, 0.25) is 0 Å². The van der Waals surface area contributed by atoms with Gasteiger partial charge in [0.25, 0.3) is 0 Å². The molecule has 0 saturated heterocycles. The molecule has 0 rings (SSSR count). The maximum absolute atomic E-state index is 5.32. The standard InChI is InChI=1S/C6H11NS/c1-3-4-8-6(2)5-7/h1,6H,4-5,7H2,2H3. The molecule has 8 heavy (non-hydrogen) atoms. The number of hydrogen-bond acceptors (Lipinski definition) is 2. The molecule has 0 spiro atoms. The maximum Gasteiger partial charge on any atom is 0.0547 e. The summed E-state index contributed by atoms with van der Waals surface area (Å²) in [5, 5.41) is 0.506. The molecule has 0 saturated carbocycles. The zero-order valence-electron chi connectivity index (χ0n) is 5.05. The molecule has 0 aliphatic carbocycles. The smallest absolute Gasteiger partial charge is 0.0547 e. The van der Waals surface area contributed by atoms with Crippen LogP contribution in [0, 0.1) is 12.3 Å². The highest BCUT2D eigenvalue weighted by atomic mass is 32.2. The largest absolute Gasteiger partial charge is 0.329 e. The lowest BCUT2D eigenvalue weighted by Crippen LogP contribution is -2.12. The minimum Gasteiger partial charge on any atom is -0.329 e. The van der Waals surface area contributed by atoms with E-state index in [1.807, 2.05) is 0 Å². The Bertz CT molecular complexity index is 85.0. The third kappa shape index (κ3) is 4.04. The second-order valence-corrected chi connectivity index (χ2v) is 2.99. The highest BCUT2D eigenvalue weighted by Gasteiger charge is 1.94. The Morgan fingerprint density at radius 1 is 1.88 bits per heavy atom. The summed E-state index contributed by atoms with van der Waals surface area (Å²) in [6.07, 6.45) is 5.02. The lowest BCUT2D eigenvalue weighted by molar-refractivity contribution is 0.954. The monoisotopic (exact) mass is 129 g/mol. The van der Waals surface area contributed by atoms with Gasteiger partial charge in [0.1, 0.15) is 0 Å². The van der Waals surface area contributed by atoms with E-state index in [2.05, 4.69) is 12.8 Å². The van der Waals surface area contributed by atoms with Crippen LogP contribution in [0.4, 0.5) is 0 Å². The summed E-state index contributed by atoms with van der Waals surface area (Å²) < 4.78 is 0. The van der Waals surface area contributed by atoms with Gasteiger partial charge in [-0.15, -0.1) is 18.2 Å². The second-order valence-electron chi connectivity index (χ2n) is 1.56. The first kappa shape index (κ1) is 7.87. The summed E-state index contributed by atoms with van der Waals surface area (Å²) in [4.78, 5) is 0. The third-order valence-corrected chi connectivity index (χ3v) is 1.88. The molecule has 0 aliphatic heterocycles. The summed E-state index contributed by atoms with van der Waals surface area (Å²) in [6.45, 7) is 2.79. The molecule has 0 radical (unpaired) electrons. The van der Waals surface area contributed by atoms with Crippen molar-refractivity contribution in [2.45, 2.75) is 12.2 Å². The fourth-order valence-corrected chi connectivity index (χ4v) is 0.775. The Morgan fingerprint density at radius 2 is 2.50 bits per heavy atom. The van der Waals surface area contributed by atoms with Gasteiger partial charge in [-0.25, -0.2) is 0 Å². The Labute approximate surface area is 55.0 Å².